The lowest BCUT2D eigenvalue weighted by molar-refractivity contribution is -0.0167. The van der Waals surface area contributed by atoms with Gasteiger partial charge in [-0.05, 0) is 32.6 Å². The van der Waals surface area contributed by atoms with E-state index in [4.69, 9.17) is 20.9 Å². The van der Waals surface area contributed by atoms with E-state index in [-0.39, 0.29) is 29.7 Å². The fourth-order valence-corrected chi connectivity index (χ4v) is 3.60. The zero-order valence-electron chi connectivity index (χ0n) is 14.8. The molecule has 2 fully saturated rings. The van der Waals surface area contributed by atoms with Crippen LogP contribution in [0.15, 0.2) is 12.7 Å². The predicted molar refractivity (Wildman–Crippen MR) is 96.2 cm³/mol. The molecule has 8 heteroatoms. The van der Waals surface area contributed by atoms with Crippen molar-refractivity contribution in [1.29, 1.82) is 0 Å². The SMILES string of the molecule is C=C[C@]1(O)C[C@@H](C)O[C@H]1N(C)c1nc(OC2CCCC2)nc(N)c1N. The Kier molecular flexibility index (Phi) is 4.75. The van der Waals surface area contributed by atoms with Crippen LogP contribution in [0.3, 0.4) is 0 Å². The summed E-state index contributed by atoms with van der Waals surface area (Å²) in [5.41, 5.74) is 11.1. The summed E-state index contributed by atoms with van der Waals surface area (Å²) >= 11 is 0. The first-order valence-corrected chi connectivity index (χ1v) is 8.68. The van der Waals surface area contributed by atoms with Crippen LogP contribution in [0.4, 0.5) is 17.3 Å². The van der Waals surface area contributed by atoms with Crippen molar-refractivity contribution < 1.29 is 14.6 Å². The molecule has 0 radical (unpaired) electrons. The van der Waals surface area contributed by atoms with Gasteiger partial charge in [0.05, 0.1) is 6.10 Å². The van der Waals surface area contributed by atoms with Crippen molar-refractivity contribution in [2.45, 2.75) is 63.1 Å². The van der Waals surface area contributed by atoms with Crippen LogP contribution in [0.2, 0.25) is 0 Å². The zero-order chi connectivity index (χ0) is 18.2. The predicted octanol–water partition coefficient (Wildman–Crippen LogP) is 1.45. The van der Waals surface area contributed by atoms with E-state index in [2.05, 4.69) is 16.5 Å². The van der Waals surface area contributed by atoms with Gasteiger partial charge in [-0.1, -0.05) is 6.08 Å². The van der Waals surface area contributed by atoms with Gasteiger partial charge in [0.15, 0.2) is 17.9 Å². The Bertz CT molecular complexity index is 649. The highest BCUT2D eigenvalue weighted by molar-refractivity contribution is 5.74. The van der Waals surface area contributed by atoms with E-state index < -0.39 is 11.8 Å². The summed E-state index contributed by atoms with van der Waals surface area (Å²) in [5, 5.41) is 10.8. The number of hydrogen-bond donors (Lipinski definition) is 3. The van der Waals surface area contributed by atoms with Crippen molar-refractivity contribution in [3.8, 4) is 6.01 Å². The first-order chi connectivity index (χ1) is 11.8. The number of nitrogen functional groups attached to an aromatic ring is 2. The molecule has 1 saturated carbocycles. The summed E-state index contributed by atoms with van der Waals surface area (Å²) in [4.78, 5) is 10.2. The topological polar surface area (TPSA) is 120 Å². The van der Waals surface area contributed by atoms with Crippen molar-refractivity contribution in [3.63, 3.8) is 0 Å². The number of nitrogens with two attached hydrogens (primary N) is 2. The second kappa shape index (κ2) is 6.68. The molecule has 1 aliphatic carbocycles. The second-order valence-corrected chi connectivity index (χ2v) is 6.96. The molecule has 0 aromatic carbocycles. The average Bonchev–Trinajstić information content (AvgIpc) is 3.18. The van der Waals surface area contributed by atoms with Gasteiger partial charge in [-0.2, -0.15) is 9.97 Å². The molecule has 1 saturated heterocycles. The number of hydrogen-bond acceptors (Lipinski definition) is 8. The van der Waals surface area contributed by atoms with Crippen LogP contribution < -0.4 is 21.1 Å². The normalized spacial score (nSPS) is 29.7. The van der Waals surface area contributed by atoms with Gasteiger partial charge in [0.25, 0.3) is 0 Å². The van der Waals surface area contributed by atoms with Gasteiger partial charge < -0.3 is 30.9 Å². The number of anilines is 3. The summed E-state index contributed by atoms with van der Waals surface area (Å²) in [6, 6.07) is 0.202. The van der Waals surface area contributed by atoms with E-state index in [1.165, 1.54) is 6.08 Å². The van der Waals surface area contributed by atoms with E-state index in [1.54, 1.807) is 11.9 Å². The molecule has 3 rings (SSSR count). The van der Waals surface area contributed by atoms with Crippen LogP contribution >= 0.6 is 0 Å². The summed E-state index contributed by atoms with van der Waals surface area (Å²) in [7, 11) is 1.74. The second-order valence-electron chi connectivity index (χ2n) is 6.96. The molecule has 1 aromatic rings. The fourth-order valence-electron chi connectivity index (χ4n) is 3.60. The molecule has 1 aliphatic heterocycles. The first-order valence-electron chi connectivity index (χ1n) is 8.68. The van der Waals surface area contributed by atoms with Gasteiger partial charge in [0.1, 0.15) is 17.4 Å². The number of likely N-dealkylation sites (N-methyl/N-ethyl adjacent to an activating group) is 1. The minimum absolute atomic E-state index is 0.106. The molecular formula is C17H27N5O3. The van der Waals surface area contributed by atoms with Crippen LogP contribution in [0.25, 0.3) is 0 Å². The highest BCUT2D eigenvalue weighted by atomic mass is 16.5. The van der Waals surface area contributed by atoms with E-state index in [0.717, 1.165) is 25.7 Å². The van der Waals surface area contributed by atoms with Gasteiger partial charge in [0, 0.05) is 13.5 Å². The quantitative estimate of drug-likeness (QED) is 0.683. The molecule has 0 amide bonds. The van der Waals surface area contributed by atoms with Gasteiger partial charge in [0.2, 0.25) is 0 Å². The average molecular weight is 349 g/mol. The molecule has 5 N–H and O–H groups in total. The Labute approximate surface area is 147 Å². The lowest BCUT2D eigenvalue weighted by atomic mass is 9.97. The van der Waals surface area contributed by atoms with Crippen molar-refractivity contribution in [1.82, 2.24) is 9.97 Å². The third kappa shape index (κ3) is 3.36. The molecule has 8 nitrogen and oxygen atoms in total. The lowest BCUT2D eigenvalue weighted by Crippen LogP contribution is -2.48. The largest absolute Gasteiger partial charge is 0.460 e. The van der Waals surface area contributed by atoms with Crippen molar-refractivity contribution >= 4 is 17.3 Å². The minimum atomic E-state index is -1.20. The molecule has 0 bridgehead atoms. The fraction of sp³-hybridized carbons (Fsp3) is 0.647. The number of nitrogens with zero attached hydrogens (tertiary/aromatic N) is 3. The Balaban J connectivity index is 1.89. The summed E-state index contributed by atoms with van der Waals surface area (Å²) in [5.74, 6) is 0.526. The molecule has 0 unspecified atom stereocenters. The van der Waals surface area contributed by atoms with E-state index >= 15 is 0 Å². The maximum Gasteiger partial charge on any atom is 0.320 e. The standard InChI is InChI=1S/C17H27N5O3/c1-4-17(23)9-10(2)24-15(17)22(3)14-12(18)13(19)20-16(21-14)25-11-7-5-6-8-11/h4,10-11,15,23H,1,5-9,18H2,2-3H3,(H2,19,20,21)/t10-,15-,17+/m1/s1. The third-order valence-corrected chi connectivity index (χ3v) is 4.95. The lowest BCUT2D eigenvalue weighted by Gasteiger charge is -2.34. The van der Waals surface area contributed by atoms with Crippen molar-refractivity contribution in [2.75, 3.05) is 23.4 Å². The number of rotatable bonds is 5. The van der Waals surface area contributed by atoms with Crippen molar-refractivity contribution in [3.05, 3.63) is 12.7 Å². The summed E-state index contributed by atoms with van der Waals surface area (Å²) in [6.45, 7) is 5.63. The Hall–Kier alpha value is -2.06. The van der Waals surface area contributed by atoms with Crippen LogP contribution in [-0.4, -0.2) is 46.2 Å². The highest BCUT2D eigenvalue weighted by Crippen LogP contribution is 2.38. The zero-order valence-corrected chi connectivity index (χ0v) is 14.8. The van der Waals surface area contributed by atoms with E-state index in [1.807, 2.05) is 6.92 Å². The number of aromatic nitrogens is 2. The monoisotopic (exact) mass is 349 g/mol. The number of ether oxygens (including phenoxy) is 2. The third-order valence-electron chi connectivity index (χ3n) is 4.95. The highest BCUT2D eigenvalue weighted by Gasteiger charge is 2.47. The summed E-state index contributed by atoms with van der Waals surface area (Å²) < 4.78 is 11.7. The van der Waals surface area contributed by atoms with Gasteiger partial charge >= 0.3 is 6.01 Å². The van der Waals surface area contributed by atoms with Crippen LogP contribution in [0.1, 0.15) is 39.0 Å². The smallest absolute Gasteiger partial charge is 0.320 e. The Morgan fingerprint density at radius 1 is 1.36 bits per heavy atom. The Morgan fingerprint density at radius 3 is 2.68 bits per heavy atom. The van der Waals surface area contributed by atoms with Gasteiger partial charge in [-0.25, -0.2) is 0 Å². The molecular weight excluding hydrogens is 322 g/mol. The molecule has 25 heavy (non-hydrogen) atoms. The molecule has 3 atom stereocenters. The first kappa shape index (κ1) is 17.8. The van der Waals surface area contributed by atoms with E-state index in [0.29, 0.717) is 12.2 Å². The van der Waals surface area contributed by atoms with Crippen molar-refractivity contribution in [2.24, 2.45) is 0 Å². The maximum absolute atomic E-state index is 10.8. The van der Waals surface area contributed by atoms with Gasteiger partial charge in [-0.3, -0.25) is 0 Å². The van der Waals surface area contributed by atoms with Crippen LogP contribution in [0.5, 0.6) is 6.01 Å². The maximum atomic E-state index is 10.8. The van der Waals surface area contributed by atoms with Gasteiger partial charge in [-0.15, -0.1) is 6.58 Å². The number of aliphatic hydroxyl groups is 1. The van der Waals surface area contributed by atoms with Crippen LogP contribution in [0, 0.1) is 0 Å². The van der Waals surface area contributed by atoms with E-state index in [9.17, 15) is 5.11 Å². The molecule has 2 aliphatic rings. The molecule has 1 aromatic heterocycles. The minimum Gasteiger partial charge on any atom is -0.460 e. The molecule has 138 valence electrons. The Morgan fingerprint density at radius 2 is 2.04 bits per heavy atom. The van der Waals surface area contributed by atoms with Crippen LogP contribution in [-0.2, 0) is 4.74 Å². The summed E-state index contributed by atoms with van der Waals surface area (Å²) in [6.07, 6.45) is 5.50. The molecule has 2 heterocycles. The molecule has 0 spiro atoms.